The molecule has 1 aliphatic heterocycles. The molecule has 11 nitrogen and oxygen atoms in total. The van der Waals surface area contributed by atoms with E-state index in [4.69, 9.17) is 15.5 Å². The van der Waals surface area contributed by atoms with Crippen molar-refractivity contribution in [2.45, 2.75) is 58.4 Å². The SMILES string of the molecule is CCCc1cn(C)c2c(=O)[nH]c(-c3cc(S(=O)(=O)N4CCN(C(C(N)=O)C(C)(C)C)CC4)ccc3OCC)nc12. The molecule has 0 radical (unpaired) electrons. The van der Waals surface area contributed by atoms with E-state index in [2.05, 4.69) is 11.9 Å². The summed E-state index contributed by atoms with van der Waals surface area (Å²) >= 11 is 0. The number of nitrogens with two attached hydrogens (primary N) is 1. The summed E-state index contributed by atoms with van der Waals surface area (Å²) in [4.78, 5) is 34.9. The van der Waals surface area contributed by atoms with Crippen molar-refractivity contribution in [3.8, 4) is 17.1 Å². The molecular weight excluding hydrogens is 532 g/mol. The van der Waals surface area contributed by atoms with Gasteiger partial charge in [-0.15, -0.1) is 0 Å². The summed E-state index contributed by atoms with van der Waals surface area (Å²) in [5.74, 6) is 0.260. The smallest absolute Gasteiger partial charge is 0.275 e. The second kappa shape index (κ2) is 11.3. The maximum Gasteiger partial charge on any atom is 0.275 e. The Kier molecular flexibility index (Phi) is 8.44. The zero-order valence-electron chi connectivity index (χ0n) is 24.2. The number of hydrogen-bond acceptors (Lipinski definition) is 7. The Morgan fingerprint density at radius 2 is 1.85 bits per heavy atom. The molecule has 1 atom stereocenters. The fourth-order valence-corrected chi connectivity index (χ4v) is 7.05. The molecule has 1 aliphatic rings. The number of sulfonamides is 1. The van der Waals surface area contributed by atoms with Gasteiger partial charge in [-0.05, 0) is 42.5 Å². The highest BCUT2D eigenvalue weighted by atomic mass is 32.2. The third-order valence-corrected chi connectivity index (χ3v) is 9.19. The largest absolute Gasteiger partial charge is 0.493 e. The van der Waals surface area contributed by atoms with Crippen molar-refractivity contribution in [3.05, 3.63) is 40.3 Å². The normalized spacial score (nSPS) is 16.4. The molecule has 1 aromatic carbocycles. The third kappa shape index (κ3) is 5.65. The lowest BCUT2D eigenvalue weighted by Crippen LogP contribution is -2.59. The van der Waals surface area contributed by atoms with Crippen molar-refractivity contribution in [3.63, 3.8) is 0 Å². The number of rotatable bonds is 9. The number of nitrogens with zero attached hydrogens (tertiary/aromatic N) is 4. The fourth-order valence-electron chi connectivity index (χ4n) is 5.60. The van der Waals surface area contributed by atoms with Gasteiger partial charge in [-0.1, -0.05) is 34.1 Å². The second-order valence-corrected chi connectivity index (χ2v) is 13.3. The molecular formula is C28H40N6O5S. The predicted octanol–water partition coefficient (Wildman–Crippen LogP) is 2.49. The van der Waals surface area contributed by atoms with Crippen LogP contribution < -0.4 is 16.0 Å². The first-order valence-electron chi connectivity index (χ1n) is 13.7. The number of aromatic nitrogens is 3. The lowest BCUT2D eigenvalue weighted by molar-refractivity contribution is -0.127. The number of H-pyrrole nitrogens is 1. The number of piperazine rings is 1. The minimum Gasteiger partial charge on any atom is -0.493 e. The van der Waals surface area contributed by atoms with Gasteiger partial charge < -0.3 is 20.0 Å². The first-order chi connectivity index (χ1) is 18.8. The number of aryl methyl sites for hydroxylation is 2. The van der Waals surface area contributed by atoms with Crippen LogP contribution in [0.25, 0.3) is 22.4 Å². The van der Waals surface area contributed by atoms with Gasteiger partial charge in [0.15, 0.2) is 0 Å². The number of nitrogens with one attached hydrogen (secondary N) is 1. The average molecular weight is 573 g/mol. The lowest BCUT2D eigenvalue weighted by atomic mass is 9.85. The van der Waals surface area contributed by atoms with E-state index in [1.807, 2.05) is 45.8 Å². The summed E-state index contributed by atoms with van der Waals surface area (Å²) in [5, 5.41) is 0. The summed E-state index contributed by atoms with van der Waals surface area (Å²) in [6.07, 6.45) is 3.56. The van der Waals surface area contributed by atoms with E-state index >= 15 is 0 Å². The number of aromatic amines is 1. The number of ether oxygens (including phenoxy) is 1. The molecule has 0 bridgehead atoms. The van der Waals surface area contributed by atoms with Crippen LogP contribution in [0.3, 0.4) is 0 Å². The third-order valence-electron chi connectivity index (χ3n) is 7.29. The zero-order valence-corrected chi connectivity index (χ0v) is 25.0. The van der Waals surface area contributed by atoms with Crippen LogP contribution in [-0.4, -0.2) is 76.9 Å². The maximum absolute atomic E-state index is 13.7. The molecule has 3 aromatic rings. The Balaban J connectivity index is 1.71. The quantitative estimate of drug-likeness (QED) is 0.401. The molecule has 1 amide bonds. The van der Waals surface area contributed by atoms with E-state index in [-0.39, 0.29) is 34.8 Å². The molecule has 1 unspecified atom stereocenters. The maximum atomic E-state index is 13.7. The number of amides is 1. The van der Waals surface area contributed by atoms with Crippen molar-refractivity contribution in [2.75, 3.05) is 32.8 Å². The number of hydrogen-bond donors (Lipinski definition) is 2. The molecule has 1 saturated heterocycles. The molecule has 0 spiro atoms. The number of fused-ring (bicyclic) bond motifs is 1. The summed E-state index contributed by atoms with van der Waals surface area (Å²) in [5.41, 5.74) is 7.42. The lowest BCUT2D eigenvalue weighted by Gasteiger charge is -2.42. The van der Waals surface area contributed by atoms with E-state index < -0.39 is 22.0 Å². The number of primary amides is 1. The number of carbonyl (C=O) groups excluding carboxylic acids is 1. The van der Waals surface area contributed by atoms with Gasteiger partial charge in [0, 0.05) is 39.4 Å². The highest BCUT2D eigenvalue weighted by Gasteiger charge is 2.38. The van der Waals surface area contributed by atoms with Crippen molar-refractivity contribution in [1.29, 1.82) is 0 Å². The summed E-state index contributed by atoms with van der Waals surface area (Å²) in [6.45, 7) is 11.3. The van der Waals surface area contributed by atoms with Gasteiger partial charge in [0.1, 0.15) is 17.1 Å². The number of carbonyl (C=O) groups is 1. The molecule has 12 heteroatoms. The zero-order chi connectivity index (χ0) is 29.4. The van der Waals surface area contributed by atoms with Crippen molar-refractivity contribution < 1.29 is 17.9 Å². The van der Waals surface area contributed by atoms with E-state index in [0.717, 1.165) is 18.4 Å². The molecule has 40 heavy (non-hydrogen) atoms. The van der Waals surface area contributed by atoms with Crippen LogP contribution in [0.5, 0.6) is 5.75 Å². The average Bonchev–Trinajstić information content (AvgIpc) is 3.19. The van der Waals surface area contributed by atoms with Crippen molar-refractivity contribution in [1.82, 2.24) is 23.7 Å². The van der Waals surface area contributed by atoms with E-state index in [1.165, 1.54) is 16.4 Å². The van der Waals surface area contributed by atoms with Crippen LogP contribution >= 0.6 is 0 Å². The molecule has 0 aliphatic carbocycles. The molecule has 4 rings (SSSR count). The Morgan fingerprint density at radius 3 is 2.42 bits per heavy atom. The van der Waals surface area contributed by atoms with Crippen molar-refractivity contribution in [2.24, 2.45) is 18.2 Å². The van der Waals surface area contributed by atoms with E-state index in [9.17, 15) is 18.0 Å². The first kappa shape index (κ1) is 29.8. The van der Waals surface area contributed by atoms with Crippen LogP contribution in [0.15, 0.2) is 34.1 Å². The highest BCUT2D eigenvalue weighted by Crippen LogP contribution is 2.33. The van der Waals surface area contributed by atoms with Gasteiger partial charge in [0.25, 0.3) is 5.56 Å². The van der Waals surface area contributed by atoms with Crippen LogP contribution in [0.1, 0.15) is 46.6 Å². The predicted molar refractivity (Wildman–Crippen MR) is 155 cm³/mol. The van der Waals surface area contributed by atoms with E-state index in [1.54, 1.807) is 10.6 Å². The second-order valence-electron chi connectivity index (χ2n) is 11.3. The minimum absolute atomic E-state index is 0.0752. The van der Waals surface area contributed by atoms with Gasteiger partial charge in [0.05, 0.1) is 28.6 Å². The summed E-state index contributed by atoms with van der Waals surface area (Å²) in [7, 11) is -2.07. The Morgan fingerprint density at radius 1 is 1.18 bits per heavy atom. The highest BCUT2D eigenvalue weighted by molar-refractivity contribution is 7.89. The monoisotopic (exact) mass is 572 g/mol. The molecule has 0 saturated carbocycles. The van der Waals surface area contributed by atoms with Crippen LogP contribution in [0.4, 0.5) is 0 Å². The van der Waals surface area contributed by atoms with Gasteiger partial charge in [-0.3, -0.25) is 14.5 Å². The van der Waals surface area contributed by atoms with Gasteiger partial charge in [0.2, 0.25) is 15.9 Å². The van der Waals surface area contributed by atoms with Crippen LogP contribution in [-0.2, 0) is 28.3 Å². The van der Waals surface area contributed by atoms with Gasteiger partial charge in [-0.25, -0.2) is 13.4 Å². The molecule has 3 heterocycles. The van der Waals surface area contributed by atoms with Crippen LogP contribution in [0, 0.1) is 5.41 Å². The Labute approximate surface area is 235 Å². The number of benzene rings is 1. The molecule has 3 N–H and O–H groups in total. The fraction of sp³-hybridized carbons (Fsp3) is 0.536. The molecule has 218 valence electrons. The summed E-state index contributed by atoms with van der Waals surface area (Å²) < 4.78 is 36.5. The first-order valence-corrected chi connectivity index (χ1v) is 15.1. The minimum atomic E-state index is -3.88. The Hall–Kier alpha value is -3.22. The van der Waals surface area contributed by atoms with Gasteiger partial charge >= 0.3 is 0 Å². The molecule has 2 aromatic heterocycles. The standard InChI is InChI=1S/C28H40N6O5S/c1-7-9-18-17-32(6)23-22(18)30-26(31-27(23)36)20-16-19(10-11-21(20)39-8-2)40(37,38)34-14-12-33(13-15-34)24(25(29)35)28(3,4)5/h10-11,16-17,24H,7-9,12-15H2,1-6H3,(H2,29,35)(H,30,31,36). The topological polar surface area (TPSA) is 144 Å². The van der Waals surface area contributed by atoms with E-state index in [0.29, 0.717) is 42.0 Å². The summed E-state index contributed by atoms with van der Waals surface area (Å²) in [6, 6.07) is 4.13. The van der Waals surface area contributed by atoms with Gasteiger partial charge in [-0.2, -0.15) is 4.31 Å². The molecule has 1 fully saturated rings. The Bertz CT molecular complexity index is 1560. The van der Waals surface area contributed by atoms with Crippen molar-refractivity contribution >= 4 is 27.0 Å². The van der Waals surface area contributed by atoms with Crippen LogP contribution in [0.2, 0.25) is 0 Å².